The number of rotatable bonds is 2. The lowest BCUT2D eigenvalue weighted by atomic mass is 10.3. The molecular formula is C13H11BrFN3O. The van der Waals surface area contributed by atoms with Crippen molar-refractivity contribution in [2.45, 2.75) is 0 Å². The van der Waals surface area contributed by atoms with Crippen LogP contribution in [-0.4, -0.2) is 6.03 Å². The van der Waals surface area contributed by atoms with Crippen LogP contribution < -0.4 is 16.4 Å². The van der Waals surface area contributed by atoms with Crippen molar-refractivity contribution in [1.82, 2.24) is 0 Å². The van der Waals surface area contributed by atoms with E-state index in [1.807, 2.05) is 0 Å². The third-order valence-electron chi connectivity index (χ3n) is 2.32. The van der Waals surface area contributed by atoms with E-state index in [1.165, 1.54) is 18.2 Å². The molecule has 0 aliphatic rings. The highest BCUT2D eigenvalue weighted by atomic mass is 79.9. The molecule has 2 aromatic carbocycles. The highest BCUT2D eigenvalue weighted by Gasteiger charge is 2.06. The maximum atomic E-state index is 13.0. The Hall–Kier alpha value is -2.08. The molecule has 2 aromatic rings. The van der Waals surface area contributed by atoms with E-state index in [0.29, 0.717) is 21.5 Å². The van der Waals surface area contributed by atoms with Gasteiger partial charge in [-0.1, -0.05) is 6.07 Å². The predicted octanol–water partition coefficient (Wildman–Crippen LogP) is 3.81. The van der Waals surface area contributed by atoms with Gasteiger partial charge in [0.25, 0.3) is 0 Å². The van der Waals surface area contributed by atoms with E-state index >= 15 is 0 Å². The van der Waals surface area contributed by atoms with Gasteiger partial charge in [0.05, 0.1) is 5.69 Å². The van der Waals surface area contributed by atoms with Crippen LogP contribution in [0, 0.1) is 5.82 Å². The van der Waals surface area contributed by atoms with E-state index in [9.17, 15) is 9.18 Å². The van der Waals surface area contributed by atoms with Gasteiger partial charge in [0.1, 0.15) is 5.82 Å². The molecule has 4 nitrogen and oxygen atoms in total. The molecule has 6 heteroatoms. The van der Waals surface area contributed by atoms with Crippen LogP contribution in [-0.2, 0) is 0 Å². The van der Waals surface area contributed by atoms with Gasteiger partial charge in [-0.15, -0.1) is 0 Å². The largest absolute Gasteiger partial charge is 0.399 e. The van der Waals surface area contributed by atoms with Gasteiger partial charge in [-0.05, 0) is 52.3 Å². The average molecular weight is 324 g/mol. The molecule has 0 heterocycles. The molecule has 4 N–H and O–H groups in total. The Morgan fingerprint density at radius 2 is 1.95 bits per heavy atom. The molecule has 98 valence electrons. The van der Waals surface area contributed by atoms with Gasteiger partial charge in [0, 0.05) is 15.8 Å². The standard InChI is InChI=1S/C13H11BrFN3O/c14-11-5-4-9(16)7-12(11)18-13(19)17-10-3-1-2-8(15)6-10/h1-7H,16H2,(H2,17,18,19). The number of hydrogen-bond acceptors (Lipinski definition) is 2. The molecule has 0 aliphatic heterocycles. The lowest BCUT2D eigenvalue weighted by Crippen LogP contribution is -2.19. The SMILES string of the molecule is Nc1ccc(Br)c(NC(=O)Nc2cccc(F)c2)c1. The van der Waals surface area contributed by atoms with Crippen LogP contribution in [0.5, 0.6) is 0 Å². The Morgan fingerprint density at radius 1 is 1.16 bits per heavy atom. The van der Waals surface area contributed by atoms with Crippen LogP contribution >= 0.6 is 15.9 Å². The van der Waals surface area contributed by atoms with Crippen LogP contribution in [0.15, 0.2) is 46.9 Å². The van der Waals surface area contributed by atoms with E-state index in [2.05, 4.69) is 26.6 Å². The number of anilines is 3. The van der Waals surface area contributed by atoms with Crippen molar-refractivity contribution in [3.8, 4) is 0 Å². The average Bonchev–Trinajstić information content (AvgIpc) is 2.34. The fourth-order valence-electron chi connectivity index (χ4n) is 1.49. The van der Waals surface area contributed by atoms with Gasteiger partial charge >= 0.3 is 6.03 Å². The number of nitrogen functional groups attached to an aromatic ring is 1. The highest BCUT2D eigenvalue weighted by Crippen LogP contribution is 2.24. The molecule has 0 unspecified atom stereocenters. The lowest BCUT2D eigenvalue weighted by Gasteiger charge is -2.09. The van der Waals surface area contributed by atoms with Gasteiger partial charge in [-0.3, -0.25) is 0 Å². The first kappa shape index (κ1) is 13.4. The van der Waals surface area contributed by atoms with Crippen molar-refractivity contribution in [2.24, 2.45) is 0 Å². The van der Waals surface area contributed by atoms with E-state index in [4.69, 9.17) is 5.73 Å². The normalized spacial score (nSPS) is 10.0. The Bertz CT molecular complexity index is 619. The first-order valence-electron chi connectivity index (χ1n) is 5.43. The number of carbonyl (C=O) groups excluding carboxylic acids is 1. The van der Waals surface area contributed by atoms with Crippen molar-refractivity contribution in [1.29, 1.82) is 0 Å². The fraction of sp³-hybridized carbons (Fsp3) is 0. The minimum atomic E-state index is -0.475. The Kier molecular flexibility index (Phi) is 4.01. The van der Waals surface area contributed by atoms with Crippen molar-refractivity contribution in [3.05, 3.63) is 52.8 Å². The molecule has 0 bridgehead atoms. The van der Waals surface area contributed by atoms with E-state index < -0.39 is 11.8 Å². The van der Waals surface area contributed by atoms with Crippen LogP contribution in [0.1, 0.15) is 0 Å². The minimum Gasteiger partial charge on any atom is -0.399 e. The second-order valence-electron chi connectivity index (χ2n) is 3.83. The topological polar surface area (TPSA) is 67.1 Å². The Balaban J connectivity index is 2.07. The monoisotopic (exact) mass is 323 g/mol. The molecule has 0 radical (unpaired) electrons. The van der Waals surface area contributed by atoms with Crippen LogP contribution in [0.25, 0.3) is 0 Å². The first-order chi connectivity index (χ1) is 9.04. The summed E-state index contributed by atoms with van der Waals surface area (Å²) >= 11 is 3.30. The fourth-order valence-corrected chi connectivity index (χ4v) is 1.84. The maximum Gasteiger partial charge on any atom is 0.323 e. The molecule has 0 spiro atoms. The van der Waals surface area contributed by atoms with Gasteiger partial charge in [-0.2, -0.15) is 0 Å². The van der Waals surface area contributed by atoms with Gasteiger partial charge in [0.15, 0.2) is 0 Å². The number of halogens is 2. The smallest absolute Gasteiger partial charge is 0.323 e. The zero-order valence-corrected chi connectivity index (χ0v) is 11.4. The molecule has 2 amide bonds. The second kappa shape index (κ2) is 5.71. The van der Waals surface area contributed by atoms with Gasteiger partial charge in [0.2, 0.25) is 0 Å². The van der Waals surface area contributed by atoms with Crippen molar-refractivity contribution in [3.63, 3.8) is 0 Å². The van der Waals surface area contributed by atoms with Gasteiger partial charge in [-0.25, -0.2) is 9.18 Å². The summed E-state index contributed by atoms with van der Waals surface area (Å²) < 4.78 is 13.7. The van der Waals surface area contributed by atoms with E-state index in [-0.39, 0.29) is 0 Å². The van der Waals surface area contributed by atoms with Crippen molar-refractivity contribution >= 4 is 39.0 Å². The van der Waals surface area contributed by atoms with E-state index in [0.717, 1.165) is 0 Å². The second-order valence-corrected chi connectivity index (χ2v) is 4.68. The summed E-state index contributed by atoms with van der Waals surface area (Å²) in [6.07, 6.45) is 0. The maximum absolute atomic E-state index is 13.0. The summed E-state index contributed by atoms with van der Waals surface area (Å²) in [6.45, 7) is 0. The number of urea groups is 1. The summed E-state index contributed by atoms with van der Waals surface area (Å²) in [6, 6.07) is 10.2. The molecule has 0 aromatic heterocycles. The molecule has 2 rings (SSSR count). The lowest BCUT2D eigenvalue weighted by molar-refractivity contribution is 0.262. The predicted molar refractivity (Wildman–Crippen MR) is 77.6 cm³/mol. The summed E-state index contributed by atoms with van der Waals surface area (Å²) in [7, 11) is 0. The number of nitrogens with one attached hydrogen (secondary N) is 2. The molecular weight excluding hydrogens is 313 g/mol. The van der Waals surface area contributed by atoms with Crippen molar-refractivity contribution < 1.29 is 9.18 Å². The van der Waals surface area contributed by atoms with Gasteiger partial charge < -0.3 is 16.4 Å². The summed E-state index contributed by atoms with van der Waals surface area (Å²) in [5.74, 6) is -0.414. The first-order valence-corrected chi connectivity index (χ1v) is 6.22. The van der Waals surface area contributed by atoms with Crippen molar-refractivity contribution in [2.75, 3.05) is 16.4 Å². The third-order valence-corrected chi connectivity index (χ3v) is 3.01. The number of amides is 2. The highest BCUT2D eigenvalue weighted by molar-refractivity contribution is 9.10. The molecule has 0 saturated carbocycles. The van der Waals surface area contributed by atoms with Crippen LogP contribution in [0.4, 0.5) is 26.2 Å². The number of nitrogens with two attached hydrogens (primary N) is 1. The summed E-state index contributed by atoms with van der Waals surface area (Å²) in [5, 5.41) is 5.15. The quantitative estimate of drug-likeness (QED) is 0.735. The molecule has 19 heavy (non-hydrogen) atoms. The van der Waals surface area contributed by atoms with Crippen LogP contribution in [0.2, 0.25) is 0 Å². The summed E-state index contributed by atoms with van der Waals surface area (Å²) in [5.41, 5.74) is 7.07. The molecule has 0 saturated heterocycles. The molecule has 0 fully saturated rings. The Labute approximate surface area is 117 Å². The Morgan fingerprint density at radius 3 is 2.68 bits per heavy atom. The number of carbonyl (C=O) groups is 1. The number of hydrogen-bond donors (Lipinski definition) is 3. The molecule has 0 aliphatic carbocycles. The zero-order chi connectivity index (χ0) is 13.8. The number of benzene rings is 2. The summed E-state index contributed by atoms with van der Waals surface area (Å²) in [4.78, 5) is 11.8. The van der Waals surface area contributed by atoms with E-state index in [1.54, 1.807) is 24.3 Å². The zero-order valence-electron chi connectivity index (χ0n) is 9.78. The van der Waals surface area contributed by atoms with Crippen LogP contribution in [0.3, 0.4) is 0 Å². The minimum absolute atomic E-state index is 0.373. The third kappa shape index (κ3) is 3.69. The molecule has 0 atom stereocenters.